The Kier molecular flexibility index (Phi) is 6.80. The molecule has 1 aliphatic heterocycles. The van der Waals surface area contributed by atoms with E-state index in [9.17, 15) is 23.2 Å². The molecule has 0 aliphatic carbocycles. The quantitative estimate of drug-likeness (QED) is 0.561. The highest BCUT2D eigenvalue weighted by atomic mass is 19.4. The van der Waals surface area contributed by atoms with E-state index < -0.39 is 12.1 Å². The lowest BCUT2D eigenvalue weighted by atomic mass is 10.0. The highest BCUT2D eigenvalue weighted by Gasteiger charge is 2.38. The number of hydrogen-bond acceptors (Lipinski definition) is 5. The van der Waals surface area contributed by atoms with Crippen molar-refractivity contribution in [3.63, 3.8) is 0 Å². The number of anilines is 1. The number of aliphatic carboxylic acids is 1. The fourth-order valence-electron chi connectivity index (χ4n) is 3.32. The van der Waals surface area contributed by atoms with Crippen LogP contribution in [0.25, 0.3) is 22.0 Å². The average Bonchev–Trinajstić information content (AvgIpc) is 2.79. The number of aromatic amines is 1. The van der Waals surface area contributed by atoms with E-state index >= 15 is 0 Å². The topological polar surface area (TPSA) is 109 Å². The monoisotopic (exact) mass is 444 g/mol. The zero-order valence-electron chi connectivity index (χ0n) is 16.7. The molecule has 1 saturated heterocycles. The van der Waals surface area contributed by atoms with Crippen molar-refractivity contribution in [2.24, 2.45) is 0 Å². The number of carboxylic acid groups (broad SMARTS) is 1. The van der Waals surface area contributed by atoms with Crippen LogP contribution in [-0.2, 0) is 4.79 Å². The molecule has 32 heavy (non-hydrogen) atoms. The smallest absolute Gasteiger partial charge is 0.475 e. The number of rotatable bonds is 2. The molecule has 7 nitrogen and oxygen atoms in total. The number of benzene rings is 2. The first-order valence-corrected chi connectivity index (χ1v) is 9.63. The van der Waals surface area contributed by atoms with Gasteiger partial charge in [-0.1, -0.05) is 18.2 Å². The van der Waals surface area contributed by atoms with Gasteiger partial charge in [-0.15, -0.1) is 0 Å². The molecule has 10 heteroatoms. The molecule has 0 saturated carbocycles. The van der Waals surface area contributed by atoms with Gasteiger partial charge in [-0.2, -0.15) is 18.4 Å². The first-order valence-electron chi connectivity index (χ1n) is 9.63. The summed E-state index contributed by atoms with van der Waals surface area (Å²) in [6.45, 7) is 3.99. The van der Waals surface area contributed by atoms with E-state index in [4.69, 9.17) is 9.90 Å². The summed E-state index contributed by atoms with van der Waals surface area (Å²) in [4.78, 5) is 26.5. The van der Waals surface area contributed by atoms with Crippen molar-refractivity contribution in [1.29, 1.82) is 5.26 Å². The minimum Gasteiger partial charge on any atom is -0.475 e. The molecule has 2 heterocycles. The molecule has 2 aromatic carbocycles. The van der Waals surface area contributed by atoms with Crippen molar-refractivity contribution >= 4 is 22.4 Å². The van der Waals surface area contributed by atoms with Crippen molar-refractivity contribution in [2.45, 2.75) is 6.18 Å². The molecule has 0 spiro atoms. The number of nitrogens with zero attached hydrogens (tertiary/aromatic N) is 2. The van der Waals surface area contributed by atoms with E-state index in [-0.39, 0.29) is 5.56 Å². The Morgan fingerprint density at radius 1 is 1.06 bits per heavy atom. The van der Waals surface area contributed by atoms with Crippen LogP contribution in [0.3, 0.4) is 0 Å². The van der Waals surface area contributed by atoms with Gasteiger partial charge in [0, 0.05) is 48.3 Å². The summed E-state index contributed by atoms with van der Waals surface area (Å²) in [6, 6.07) is 17.5. The van der Waals surface area contributed by atoms with Gasteiger partial charge < -0.3 is 20.3 Å². The third-order valence-corrected chi connectivity index (χ3v) is 4.91. The Balaban J connectivity index is 0.000000360. The molecule has 0 bridgehead atoms. The Labute approximate surface area is 180 Å². The number of halogens is 3. The van der Waals surface area contributed by atoms with Crippen LogP contribution in [0.2, 0.25) is 0 Å². The van der Waals surface area contributed by atoms with Crippen LogP contribution in [-0.4, -0.2) is 48.4 Å². The van der Waals surface area contributed by atoms with E-state index in [1.807, 2.05) is 18.2 Å². The number of H-pyrrole nitrogens is 1. The molecular weight excluding hydrogens is 425 g/mol. The van der Waals surface area contributed by atoms with Crippen LogP contribution in [0, 0.1) is 11.3 Å². The summed E-state index contributed by atoms with van der Waals surface area (Å²) in [5, 5.41) is 21.0. The van der Waals surface area contributed by atoms with E-state index in [1.165, 1.54) is 5.69 Å². The summed E-state index contributed by atoms with van der Waals surface area (Å²) < 4.78 is 31.7. The predicted molar refractivity (Wildman–Crippen MR) is 113 cm³/mol. The largest absolute Gasteiger partial charge is 0.490 e. The highest BCUT2D eigenvalue weighted by molar-refractivity contribution is 5.89. The third-order valence-electron chi connectivity index (χ3n) is 4.91. The molecule has 3 N–H and O–H groups in total. The molecule has 0 atom stereocenters. The van der Waals surface area contributed by atoms with Crippen LogP contribution in [0.4, 0.5) is 18.9 Å². The van der Waals surface area contributed by atoms with Gasteiger partial charge in [0.15, 0.2) is 0 Å². The molecule has 166 valence electrons. The van der Waals surface area contributed by atoms with Crippen LogP contribution in [0.1, 0.15) is 5.56 Å². The maximum atomic E-state index is 12.4. The van der Waals surface area contributed by atoms with Gasteiger partial charge in [0.2, 0.25) is 0 Å². The number of hydrogen-bond donors (Lipinski definition) is 3. The van der Waals surface area contributed by atoms with Crippen LogP contribution in [0.5, 0.6) is 0 Å². The number of nitriles is 1. The highest BCUT2D eigenvalue weighted by Crippen LogP contribution is 2.25. The minimum atomic E-state index is -5.08. The average molecular weight is 444 g/mol. The number of fused-ring (bicyclic) bond motifs is 1. The van der Waals surface area contributed by atoms with Crippen molar-refractivity contribution in [1.82, 2.24) is 10.3 Å². The Morgan fingerprint density at radius 3 is 2.25 bits per heavy atom. The number of carbonyl (C=O) groups is 1. The zero-order chi connectivity index (χ0) is 23.3. The maximum Gasteiger partial charge on any atom is 0.490 e. The first-order chi connectivity index (χ1) is 15.2. The Bertz CT molecular complexity index is 1210. The van der Waals surface area contributed by atoms with Gasteiger partial charge in [-0.3, -0.25) is 4.79 Å². The SMILES string of the molecule is N#Cc1cccc2c(=O)[nH]c(-c3ccc(N4CCNCC4)cc3)cc12.O=C(O)C(F)(F)F. The van der Waals surface area contributed by atoms with Crippen molar-refractivity contribution in [3.05, 3.63) is 64.4 Å². The molecular formula is C22H19F3N4O3. The molecule has 4 rings (SSSR count). The third kappa shape index (κ3) is 5.25. The lowest BCUT2D eigenvalue weighted by molar-refractivity contribution is -0.192. The number of carboxylic acids is 1. The summed E-state index contributed by atoms with van der Waals surface area (Å²) in [7, 11) is 0. The Morgan fingerprint density at radius 2 is 1.69 bits per heavy atom. The van der Waals surface area contributed by atoms with Crippen molar-refractivity contribution in [3.8, 4) is 17.3 Å². The van der Waals surface area contributed by atoms with Crippen molar-refractivity contribution < 1.29 is 23.1 Å². The summed E-state index contributed by atoms with van der Waals surface area (Å²) in [6.07, 6.45) is -5.08. The fourth-order valence-corrected chi connectivity index (χ4v) is 3.32. The molecule has 3 aromatic rings. The van der Waals surface area contributed by atoms with Crippen LogP contribution in [0.15, 0.2) is 53.3 Å². The number of piperazine rings is 1. The lowest BCUT2D eigenvalue weighted by Crippen LogP contribution is -2.43. The predicted octanol–water partition coefficient (Wildman–Crippen LogP) is 3.11. The standard InChI is InChI=1S/C20H18N4O.C2HF3O2/c21-13-15-2-1-3-17-18(15)12-19(23-20(17)25)14-4-6-16(7-5-14)24-10-8-22-9-11-24;3-2(4,5)1(6)7/h1-7,12,22H,8-11H2,(H,23,25);(H,6,7). The van der Waals surface area contributed by atoms with E-state index in [1.54, 1.807) is 18.2 Å². The number of aromatic nitrogens is 1. The molecule has 0 radical (unpaired) electrons. The van der Waals surface area contributed by atoms with Gasteiger partial charge in [0.05, 0.1) is 11.6 Å². The molecule has 0 unspecified atom stereocenters. The molecule has 0 amide bonds. The second kappa shape index (κ2) is 9.53. The fraction of sp³-hybridized carbons (Fsp3) is 0.227. The van der Waals surface area contributed by atoms with Gasteiger partial charge >= 0.3 is 12.1 Å². The number of alkyl halides is 3. The molecule has 1 aliphatic rings. The maximum absolute atomic E-state index is 12.4. The summed E-state index contributed by atoms with van der Waals surface area (Å²) in [5.41, 5.74) is 3.20. The normalized spacial score (nSPS) is 13.8. The first kappa shape index (κ1) is 22.8. The van der Waals surface area contributed by atoms with E-state index in [0.717, 1.165) is 37.4 Å². The number of pyridine rings is 1. The van der Waals surface area contributed by atoms with Crippen molar-refractivity contribution in [2.75, 3.05) is 31.1 Å². The number of nitrogens with one attached hydrogen (secondary N) is 2. The van der Waals surface area contributed by atoms with E-state index in [0.29, 0.717) is 16.3 Å². The molecule has 1 fully saturated rings. The van der Waals surface area contributed by atoms with Gasteiger partial charge in [0.25, 0.3) is 5.56 Å². The molecule has 1 aromatic heterocycles. The van der Waals surface area contributed by atoms with E-state index in [2.05, 4.69) is 33.4 Å². The lowest BCUT2D eigenvalue weighted by Gasteiger charge is -2.29. The minimum absolute atomic E-state index is 0.171. The van der Waals surface area contributed by atoms with Gasteiger partial charge in [-0.05, 0) is 35.9 Å². The van der Waals surface area contributed by atoms with Crippen LogP contribution < -0.4 is 15.8 Å². The zero-order valence-corrected chi connectivity index (χ0v) is 16.7. The van der Waals surface area contributed by atoms with Crippen LogP contribution >= 0.6 is 0 Å². The second-order valence-electron chi connectivity index (χ2n) is 6.98. The second-order valence-corrected chi connectivity index (χ2v) is 6.98. The van der Waals surface area contributed by atoms with Gasteiger partial charge in [0.1, 0.15) is 0 Å². The van der Waals surface area contributed by atoms with Gasteiger partial charge in [-0.25, -0.2) is 4.79 Å². The summed E-state index contributed by atoms with van der Waals surface area (Å²) >= 11 is 0. The Hall–Kier alpha value is -3.84. The summed E-state index contributed by atoms with van der Waals surface area (Å²) in [5.74, 6) is -2.76.